The lowest BCUT2D eigenvalue weighted by Gasteiger charge is -2.38. The number of aliphatic carboxylic acids is 1. The van der Waals surface area contributed by atoms with E-state index in [1.54, 1.807) is 10.9 Å². The van der Waals surface area contributed by atoms with E-state index in [0.717, 1.165) is 12.1 Å². The van der Waals surface area contributed by atoms with Crippen LogP contribution in [0.4, 0.5) is 0 Å². The van der Waals surface area contributed by atoms with Crippen molar-refractivity contribution in [3.8, 4) is 0 Å². The number of aromatic nitrogens is 2. The second-order valence-corrected chi connectivity index (χ2v) is 4.74. The number of carboxylic acid groups (broad SMARTS) is 1. The summed E-state index contributed by atoms with van der Waals surface area (Å²) >= 11 is 0. The number of aryl methyl sites for hydroxylation is 2. The molecule has 0 unspecified atom stereocenters. The summed E-state index contributed by atoms with van der Waals surface area (Å²) in [4.78, 5) is 22.9. The highest BCUT2D eigenvalue weighted by atomic mass is 16.4. The Morgan fingerprint density at radius 2 is 2.28 bits per heavy atom. The molecule has 1 aliphatic rings. The van der Waals surface area contributed by atoms with Crippen molar-refractivity contribution in [2.45, 2.75) is 37.6 Å². The summed E-state index contributed by atoms with van der Waals surface area (Å²) < 4.78 is 1.71. The quantitative estimate of drug-likeness (QED) is 0.797. The molecule has 1 fully saturated rings. The van der Waals surface area contributed by atoms with Crippen LogP contribution in [-0.4, -0.2) is 32.3 Å². The molecule has 1 aliphatic carbocycles. The summed E-state index contributed by atoms with van der Waals surface area (Å²) in [6, 6.07) is 1.85. The van der Waals surface area contributed by atoms with E-state index in [2.05, 4.69) is 10.4 Å². The molecule has 98 valence electrons. The molecule has 0 aromatic carbocycles. The maximum atomic E-state index is 11.8. The maximum absolute atomic E-state index is 11.8. The Labute approximate surface area is 105 Å². The molecule has 1 amide bonds. The van der Waals surface area contributed by atoms with Gasteiger partial charge in [0.25, 0.3) is 0 Å². The lowest BCUT2D eigenvalue weighted by Crippen LogP contribution is -2.59. The third-order valence-corrected chi connectivity index (χ3v) is 3.53. The van der Waals surface area contributed by atoms with Gasteiger partial charge in [0.2, 0.25) is 5.91 Å². The van der Waals surface area contributed by atoms with Gasteiger partial charge in [0.1, 0.15) is 5.54 Å². The van der Waals surface area contributed by atoms with Gasteiger partial charge in [-0.15, -0.1) is 0 Å². The largest absolute Gasteiger partial charge is 0.480 e. The van der Waals surface area contributed by atoms with Crippen molar-refractivity contribution in [3.63, 3.8) is 0 Å². The molecular formula is C12H17N3O3. The topological polar surface area (TPSA) is 84.2 Å². The molecule has 2 rings (SSSR count). The van der Waals surface area contributed by atoms with Gasteiger partial charge >= 0.3 is 5.97 Å². The lowest BCUT2D eigenvalue weighted by molar-refractivity contribution is -0.151. The van der Waals surface area contributed by atoms with Crippen LogP contribution >= 0.6 is 0 Å². The van der Waals surface area contributed by atoms with Crippen molar-refractivity contribution in [2.24, 2.45) is 7.05 Å². The highest BCUT2D eigenvalue weighted by Crippen LogP contribution is 2.32. The fourth-order valence-corrected chi connectivity index (χ4v) is 2.14. The molecule has 1 saturated carbocycles. The third kappa shape index (κ3) is 2.37. The van der Waals surface area contributed by atoms with Crippen molar-refractivity contribution in [1.29, 1.82) is 0 Å². The first-order chi connectivity index (χ1) is 8.53. The Hall–Kier alpha value is -1.85. The highest BCUT2D eigenvalue weighted by Gasteiger charge is 2.45. The first-order valence-corrected chi connectivity index (χ1v) is 6.05. The summed E-state index contributed by atoms with van der Waals surface area (Å²) in [5.74, 6) is -1.14. The first-order valence-electron chi connectivity index (χ1n) is 6.05. The van der Waals surface area contributed by atoms with E-state index in [-0.39, 0.29) is 12.3 Å². The summed E-state index contributed by atoms with van der Waals surface area (Å²) in [6.07, 6.45) is 4.44. The molecule has 1 aromatic heterocycles. The van der Waals surface area contributed by atoms with Gasteiger partial charge in [-0.2, -0.15) is 5.10 Å². The minimum Gasteiger partial charge on any atom is -0.480 e. The molecule has 0 bridgehead atoms. The fraction of sp³-hybridized carbons (Fsp3) is 0.583. The Balaban J connectivity index is 1.86. The number of carbonyl (C=O) groups excluding carboxylic acids is 1. The van der Waals surface area contributed by atoms with Crippen LogP contribution in [0.25, 0.3) is 0 Å². The molecule has 6 nitrogen and oxygen atoms in total. The average molecular weight is 251 g/mol. The SMILES string of the molecule is Cn1nccc1CCC(=O)NC1(C(=O)O)CCC1. The van der Waals surface area contributed by atoms with Gasteiger partial charge in [-0.3, -0.25) is 9.48 Å². The van der Waals surface area contributed by atoms with E-state index in [0.29, 0.717) is 19.3 Å². The van der Waals surface area contributed by atoms with Crippen molar-refractivity contribution in [3.05, 3.63) is 18.0 Å². The van der Waals surface area contributed by atoms with Crippen LogP contribution in [0.2, 0.25) is 0 Å². The Bertz CT molecular complexity index is 463. The number of carbonyl (C=O) groups is 2. The Kier molecular flexibility index (Phi) is 3.36. The molecule has 1 heterocycles. The highest BCUT2D eigenvalue weighted by molar-refractivity contribution is 5.87. The lowest BCUT2D eigenvalue weighted by atomic mass is 9.76. The molecule has 0 atom stereocenters. The maximum Gasteiger partial charge on any atom is 0.329 e. The monoisotopic (exact) mass is 251 g/mol. The fourth-order valence-electron chi connectivity index (χ4n) is 2.14. The number of nitrogens with zero attached hydrogens (tertiary/aromatic N) is 2. The van der Waals surface area contributed by atoms with E-state index in [4.69, 9.17) is 5.11 Å². The zero-order chi connectivity index (χ0) is 13.2. The van der Waals surface area contributed by atoms with Crippen LogP contribution in [0.5, 0.6) is 0 Å². The third-order valence-electron chi connectivity index (χ3n) is 3.53. The molecule has 6 heteroatoms. The van der Waals surface area contributed by atoms with E-state index < -0.39 is 11.5 Å². The summed E-state index contributed by atoms with van der Waals surface area (Å²) in [5, 5.41) is 15.8. The van der Waals surface area contributed by atoms with Gasteiger partial charge in [-0.25, -0.2) is 4.79 Å². The van der Waals surface area contributed by atoms with E-state index >= 15 is 0 Å². The number of hydrogen-bond acceptors (Lipinski definition) is 3. The van der Waals surface area contributed by atoms with E-state index in [1.165, 1.54) is 0 Å². The van der Waals surface area contributed by atoms with Gasteiger partial charge in [0.15, 0.2) is 0 Å². The zero-order valence-electron chi connectivity index (χ0n) is 10.3. The molecule has 0 saturated heterocycles. The standard InChI is InChI=1S/C12H17N3O3/c1-15-9(5-8-13-15)3-4-10(16)14-12(11(17)18)6-2-7-12/h5,8H,2-4,6-7H2,1H3,(H,14,16)(H,17,18). The predicted octanol–water partition coefficient (Wildman–Crippen LogP) is 0.476. The van der Waals surface area contributed by atoms with Gasteiger partial charge in [0, 0.05) is 25.4 Å². The smallest absolute Gasteiger partial charge is 0.329 e. The number of hydrogen-bond donors (Lipinski definition) is 2. The Morgan fingerprint density at radius 3 is 2.72 bits per heavy atom. The van der Waals surface area contributed by atoms with Crippen molar-refractivity contribution in [1.82, 2.24) is 15.1 Å². The number of rotatable bonds is 5. The molecule has 0 radical (unpaired) electrons. The van der Waals surface area contributed by atoms with E-state index in [9.17, 15) is 9.59 Å². The molecule has 1 aromatic rings. The summed E-state index contributed by atoms with van der Waals surface area (Å²) in [7, 11) is 1.82. The van der Waals surface area contributed by atoms with E-state index in [1.807, 2.05) is 13.1 Å². The van der Waals surface area contributed by atoms with Crippen LogP contribution in [0.3, 0.4) is 0 Å². The number of carboxylic acids is 1. The molecule has 2 N–H and O–H groups in total. The number of nitrogens with one attached hydrogen (secondary N) is 1. The van der Waals surface area contributed by atoms with Gasteiger partial charge in [-0.1, -0.05) is 0 Å². The molecule has 0 spiro atoms. The van der Waals surface area contributed by atoms with Gasteiger partial charge in [-0.05, 0) is 31.7 Å². The average Bonchev–Trinajstić information content (AvgIpc) is 2.66. The van der Waals surface area contributed by atoms with Crippen LogP contribution in [-0.2, 0) is 23.1 Å². The van der Waals surface area contributed by atoms with Crippen LogP contribution in [0, 0.1) is 0 Å². The first kappa shape index (κ1) is 12.6. The van der Waals surface area contributed by atoms with Gasteiger partial charge < -0.3 is 10.4 Å². The van der Waals surface area contributed by atoms with Crippen LogP contribution in [0.1, 0.15) is 31.4 Å². The summed E-state index contributed by atoms with van der Waals surface area (Å²) in [5.41, 5.74) is -0.0491. The second kappa shape index (κ2) is 4.80. The molecular weight excluding hydrogens is 234 g/mol. The zero-order valence-corrected chi connectivity index (χ0v) is 10.3. The number of amides is 1. The van der Waals surface area contributed by atoms with Crippen LogP contribution in [0.15, 0.2) is 12.3 Å². The Morgan fingerprint density at radius 1 is 1.56 bits per heavy atom. The molecule has 0 aliphatic heterocycles. The predicted molar refractivity (Wildman–Crippen MR) is 63.9 cm³/mol. The van der Waals surface area contributed by atoms with Crippen molar-refractivity contribution in [2.75, 3.05) is 0 Å². The minimum atomic E-state index is -1.01. The second-order valence-electron chi connectivity index (χ2n) is 4.74. The minimum absolute atomic E-state index is 0.210. The molecule has 18 heavy (non-hydrogen) atoms. The van der Waals surface area contributed by atoms with Crippen LogP contribution < -0.4 is 5.32 Å². The van der Waals surface area contributed by atoms with Crippen molar-refractivity contribution >= 4 is 11.9 Å². The van der Waals surface area contributed by atoms with Crippen molar-refractivity contribution < 1.29 is 14.7 Å². The summed E-state index contributed by atoms with van der Waals surface area (Å²) in [6.45, 7) is 0. The van der Waals surface area contributed by atoms with Gasteiger partial charge in [0.05, 0.1) is 0 Å². The normalized spacial score (nSPS) is 16.9.